The van der Waals surface area contributed by atoms with E-state index in [-0.39, 0.29) is 0 Å². The third-order valence-corrected chi connectivity index (χ3v) is 2.26. The van der Waals surface area contributed by atoms with Crippen molar-refractivity contribution in [2.75, 3.05) is 13.7 Å². The normalized spacial score (nSPS) is 11.8. The second-order valence-corrected chi connectivity index (χ2v) is 3.55. The summed E-state index contributed by atoms with van der Waals surface area (Å²) in [7, 11) is 1.32. The zero-order chi connectivity index (χ0) is 13.9. The Balaban J connectivity index is 2.46. The number of nitrogens with zero attached hydrogens (tertiary/aromatic N) is 3. The number of rotatable bonds is 7. The average molecular weight is 261 g/mol. The number of esters is 1. The van der Waals surface area contributed by atoms with Gasteiger partial charge in [0.25, 0.3) is 0 Å². The standard InChI is InChI=1S/C13H15N3O3/c1-18-12(17)9-5-6-10-19-13(15-16-14)11-7-3-2-4-8-11/h2-5,7-9,13H,6,10H2,1H3/b9-5+. The molecule has 0 amide bonds. The summed E-state index contributed by atoms with van der Waals surface area (Å²) in [6.45, 7) is 0.339. The van der Waals surface area contributed by atoms with Crippen molar-refractivity contribution in [3.63, 3.8) is 0 Å². The number of ether oxygens (including phenoxy) is 2. The SMILES string of the molecule is COC(=O)/C=C/CCOC(N=[N+]=[N-])c1ccccc1. The van der Waals surface area contributed by atoms with Crippen LogP contribution in [0.1, 0.15) is 18.2 Å². The van der Waals surface area contributed by atoms with E-state index in [1.54, 1.807) is 6.08 Å². The first-order valence-electron chi connectivity index (χ1n) is 5.73. The third kappa shape index (κ3) is 5.72. The molecule has 0 saturated heterocycles. The van der Waals surface area contributed by atoms with Crippen LogP contribution < -0.4 is 0 Å². The first-order chi connectivity index (χ1) is 9.27. The molecule has 1 rings (SSSR count). The quantitative estimate of drug-likeness (QED) is 0.189. The molecule has 0 spiro atoms. The molecular weight excluding hydrogens is 246 g/mol. The first-order valence-corrected chi connectivity index (χ1v) is 5.73. The molecule has 6 nitrogen and oxygen atoms in total. The van der Waals surface area contributed by atoms with Gasteiger partial charge in [-0.05, 0) is 17.5 Å². The molecule has 1 aromatic carbocycles. The molecule has 0 radical (unpaired) electrons. The lowest BCUT2D eigenvalue weighted by molar-refractivity contribution is -0.134. The van der Waals surface area contributed by atoms with Crippen LogP contribution in [0.25, 0.3) is 10.4 Å². The molecule has 0 bridgehead atoms. The summed E-state index contributed by atoms with van der Waals surface area (Å²) in [5.74, 6) is -0.408. The smallest absolute Gasteiger partial charge is 0.330 e. The topological polar surface area (TPSA) is 84.3 Å². The maximum Gasteiger partial charge on any atom is 0.330 e. The van der Waals surface area contributed by atoms with Crippen LogP contribution in [-0.4, -0.2) is 19.7 Å². The van der Waals surface area contributed by atoms with Crippen molar-refractivity contribution < 1.29 is 14.3 Å². The second kappa shape index (κ2) is 8.74. The number of carbonyl (C=O) groups is 1. The van der Waals surface area contributed by atoms with E-state index >= 15 is 0 Å². The lowest BCUT2D eigenvalue weighted by Crippen LogP contribution is -2.02. The molecule has 0 saturated carbocycles. The molecule has 6 heteroatoms. The van der Waals surface area contributed by atoms with Crippen molar-refractivity contribution >= 4 is 5.97 Å². The van der Waals surface area contributed by atoms with Crippen LogP contribution in [0.2, 0.25) is 0 Å². The Morgan fingerprint density at radius 1 is 1.47 bits per heavy atom. The number of benzene rings is 1. The molecule has 1 atom stereocenters. The first kappa shape index (κ1) is 14.8. The summed E-state index contributed by atoms with van der Waals surface area (Å²) in [5.41, 5.74) is 9.30. The number of hydrogen-bond donors (Lipinski definition) is 0. The Labute approximate surface area is 111 Å². The van der Waals surface area contributed by atoms with E-state index in [0.29, 0.717) is 13.0 Å². The van der Waals surface area contributed by atoms with Gasteiger partial charge in [0.15, 0.2) is 6.23 Å². The van der Waals surface area contributed by atoms with E-state index in [0.717, 1.165) is 5.56 Å². The van der Waals surface area contributed by atoms with Crippen molar-refractivity contribution in [3.8, 4) is 0 Å². The Kier molecular flexibility index (Phi) is 6.79. The third-order valence-electron chi connectivity index (χ3n) is 2.26. The lowest BCUT2D eigenvalue weighted by Gasteiger charge is -2.11. The highest BCUT2D eigenvalue weighted by molar-refractivity contribution is 5.81. The van der Waals surface area contributed by atoms with Crippen molar-refractivity contribution in [1.82, 2.24) is 0 Å². The second-order valence-electron chi connectivity index (χ2n) is 3.55. The summed E-state index contributed by atoms with van der Waals surface area (Å²) in [4.78, 5) is 13.6. The summed E-state index contributed by atoms with van der Waals surface area (Å²) < 4.78 is 9.91. The molecular formula is C13H15N3O3. The van der Waals surface area contributed by atoms with Crippen LogP contribution in [0.5, 0.6) is 0 Å². The molecule has 0 N–H and O–H groups in total. The maximum atomic E-state index is 10.8. The van der Waals surface area contributed by atoms with E-state index in [9.17, 15) is 4.79 Å². The van der Waals surface area contributed by atoms with Gasteiger partial charge in [0.1, 0.15) is 0 Å². The fourth-order valence-corrected chi connectivity index (χ4v) is 1.36. The highest BCUT2D eigenvalue weighted by atomic mass is 16.5. The van der Waals surface area contributed by atoms with Crippen molar-refractivity contribution in [2.45, 2.75) is 12.6 Å². The molecule has 0 heterocycles. The minimum atomic E-state index is -0.655. The molecule has 0 fully saturated rings. The van der Waals surface area contributed by atoms with Crippen LogP contribution >= 0.6 is 0 Å². The van der Waals surface area contributed by atoms with Gasteiger partial charge in [0.05, 0.1) is 13.7 Å². The molecule has 0 aromatic heterocycles. The Morgan fingerprint density at radius 2 is 2.21 bits per heavy atom. The number of azide groups is 1. The van der Waals surface area contributed by atoms with Crippen LogP contribution in [0, 0.1) is 0 Å². The Hall–Kier alpha value is -2.30. The van der Waals surface area contributed by atoms with Crippen molar-refractivity contribution in [2.24, 2.45) is 5.11 Å². The summed E-state index contributed by atoms with van der Waals surface area (Å²) >= 11 is 0. The van der Waals surface area contributed by atoms with Crippen LogP contribution in [-0.2, 0) is 14.3 Å². The molecule has 1 unspecified atom stereocenters. The van der Waals surface area contributed by atoms with Gasteiger partial charge in [-0.15, -0.1) is 0 Å². The Bertz CT molecular complexity index is 467. The average Bonchev–Trinajstić information content (AvgIpc) is 2.46. The van der Waals surface area contributed by atoms with E-state index < -0.39 is 12.2 Å². The Morgan fingerprint density at radius 3 is 2.84 bits per heavy atom. The number of carbonyl (C=O) groups excluding carboxylic acids is 1. The molecule has 0 aliphatic heterocycles. The van der Waals surface area contributed by atoms with Crippen LogP contribution in [0.4, 0.5) is 0 Å². The summed E-state index contributed by atoms with van der Waals surface area (Å²) in [5, 5.41) is 3.59. The van der Waals surface area contributed by atoms with Crippen LogP contribution in [0.3, 0.4) is 0 Å². The van der Waals surface area contributed by atoms with Gasteiger partial charge in [-0.2, -0.15) is 0 Å². The predicted molar refractivity (Wildman–Crippen MR) is 70.1 cm³/mol. The fraction of sp³-hybridized carbons (Fsp3) is 0.308. The van der Waals surface area contributed by atoms with Gasteiger partial charge < -0.3 is 9.47 Å². The van der Waals surface area contributed by atoms with E-state index in [4.69, 9.17) is 10.3 Å². The number of methoxy groups -OCH3 is 1. The van der Waals surface area contributed by atoms with Gasteiger partial charge in [-0.1, -0.05) is 41.5 Å². The molecule has 0 aliphatic carbocycles. The summed E-state index contributed by atoms with van der Waals surface area (Å²) in [6, 6.07) is 9.20. The van der Waals surface area contributed by atoms with E-state index in [1.807, 2.05) is 30.3 Å². The fourth-order valence-electron chi connectivity index (χ4n) is 1.36. The molecule has 100 valence electrons. The van der Waals surface area contributed by atoms with Gasteiger partial charge in [0.2, 0.25) is 0 Å². The van der Waals surface area contributed by atoms with Crippen molar-refractivity contribution in [3.05, 3.63) is 58.5 Å². The highest BCUT2D eigenvalue weighted by Gasteiger charge is 2.08. The monoisotopic (exact) mass is 261 g/mol. The van der Waals surface area contributed by atoms with E-state index in [2.05, 4.69) is 14.8 Å². The molecule has 19 heavy (non-hydrogen) atoms. The van der Waals surface area contributed by atoms with E-state index in [1.165, 1.54) is 13.2 Å². The zero-order valence-corrected chi connectivity index (χ0v) is 10.6. The zero-order valence-electron chi connectivity index (χ0n) is 10.6. The minimum Gasteiger partial charge on any atom is -0.466 e. The van der Waals surface area contributed by atoms with Gasteiger partial charge in [-0.3, -0.25) is 0 Å². The van der Waals surface area contributed by atoms with Crippen molar-refractivity contribution in [1.29, 1.82) is 0 Å². The highest BCUT2D eigenvalue weighted by Crippen LogP contribution is 2.18. The number of hydrogen-bond acceptors (Lipinski definition) is 4. The largest absolute Gasteiger partial charge is 0.466 e. The van der Waals surface area contributed by atoms with Gasteiger partial charge >= 0.3 is 5.97 Å². The summed E-state index contributed by atoms with van der Waals surface area (Å²) in [6.07, 6.45) is 2.84. The molecule has 1 aromatic rings. The maximum absolute atomic E-state index is 10.8. The van der Waals surface area contributed by atoms with Gasteiger partial charge in [0, 0.05) is 11.0 Å². The van der Waals surface area contributed by atoms with Crippen LogP contribution in [0.15, 0.2) is 47.6 Å². The van der Waals surface area contributed by atoms with Gasteiger partial charge in [-0.25, -0.2) is 4.79 Å². The predicted octanol–water partition coefficient (Wildman–Crippen LogP) is 3.13. The minimum absolute atomic E-state index is 0.339. The lowest BCUT2D eigenvalue weighted by atomic mass is 10.2. The molecule has 0 aliphatic rings.